The van der Waals surface area contributed by atoms with Gasteiger partial charge in [-0.1, -0.05) is 6.92 Å². The second-order valence-corrected chi connectivity index (χ2v) is 6.58. The van der Waals surface area contributed by atoms with Crippen LogP contribution in [0.4, 0.5) is 0 Å². The molecule has 22 heavy (non-hydrogen) atoms. The monoisotopic (exact) mass is 424 g/mol. The van der Waals surface area contributed by atoms with E-state index in [-0.39, 0.29) is 29.9 Å². The molecule has 6 heteroatoms. The summed E-state index contributed by atoms with van der Waals surface area (Å²) in [5.41, 5.74) is -0.472. The van der Waals surface area contributed by atoms with Gasteiger partial charge in [0.1, 0.15) is 0 Å². The lowest BCUT2D eigenvalue weighted by atomic mass is 9.92. The number of halogens is 1. The minimum Gasteiger partial charge on any atom is -0.357 e. The molecule has 1 fully saturated rings. The molecule has 1 aliphatic rings. The maximum atomic E-state index is 12.0. The first-order valence-electron chi connectivity index (χ1n) is 8.22. The van der Waals surface area contributed by atoms with Crippen molar-refractivity contribution in [3.05, 3.63) is 0 Å². The van der Waals surface area contributed by atoms with E-state index in [1.807, 2.05) is 20.8 Å². The van der Waals surface area contributed by atoms with E-state index >= 15 is 0 Å². The van der Waals surface area contributed by atoms with Gasteiger partial charge in [-0.3, -0.25) is 9.79 Å². The Morgan fingerprint density at radius 1 is 1.18 bits per heavy atom. The van der Waals surface area contributed by atoms with Gasteiger partial charge in [0.2, 0.25) is 5.91 Å². The van der Waals surface area contributed by atoms with Gasteiger partial charge in [0.15, 0.2) is 5.96 Å². The minimum absolute atomic E-state index is 0. The van der Waals surface area contributed by atoms with Crippen LogP contribution in [0.25, 0.3) is 0 Å². The summed E-state index contributed by atoms with van der Waals surface area (Å²) in [6.45, 7) is 14.3. The summed E-state index contributed by atoms with van der Waals surface area (Å²) in [6, 6.07) is 0. The second kappa shape index (κ2) is 10.3. The highest BCUT2D eigenvalue weighted by atomic mass is 127. The van der Waals surface area contributed by atoms with Crippen molar-refractivity contribution in [1.29, 1.82) is 0 Å². The maximum absolute atomic E-state index is 12.0. The predicted molar refractivity (Wildman–Crippen MR) is 104 cm³/mol. The molecule has 0 atom stereocenters. The molecule has 1 heterocycles. The zero-order chi connectivity index (χ0) is 15.9. The van der Waals surface area contributed by atoms with Crippen molar-refractivity contribution in [2.24, 2.45) is 16.3 Å². The fourth-order valence-corrected chi connectivity index (χ4v) is 2.39. The van der Waals surface area contributed by atoms with Crippen LogP contribution in [-0.4, -0.2) is 49.5 Å². The number of aliphatic imine (C=N–C) groups is 1. The van der Waals surface area contributed by atoms with E-state index in [1.54, 1.807) is 0 Å². The Morgan fingerprint density at radius 3 is 2.23 bits per heavy atom. The average molecular weight is 424 g/mol. The summed E-state index contributed by atoms with van der Waals surface area (Å²) in [5.74, 6) is 1.81. The van der Waals surface area contributed by atoms with Crippen molar-refractivity contribution < 1.29 is 4.79 Å². The molecule has 0 spiro atoms. The Hall–Kier alpha value is -0.530. The number of hydrogen-bond acceptors (Lipinski definition) is 2. The molecule has 0 radical (unpaired) electrons. The standard InChI is InChI=1S/C16H32N4O.HI/c1-6-17-14(21)16(4,5)12-19-15(18-7-2)20-10-8-13(3)9-11-20;/h13H,6-12H2,1-5H3,(H,17,21)(H,18,19);1H. The molecule has 1 rings (SSSR count). The molecule has 0 unspecified atom stereocenters. The molecule has 1 amide bonds. The number of nitrogens with one attached hydrogen (secondary N) is 2. The molecule has 0 aromatic carbocycles. The van der Waals surface area contributed by atoms with Crippen molar-refractivity contribution in [1.82, 2.24) is 15.5 Å². The first-order valence-corrected chi connectivity index (χ1v) is 8.22. The number of amides is 1. The Labute approximate surface area is 152 Å². The zero-order valence-electron chi connectivity index (χ0n) is 14.7. The van der Waals surface area contributed by atoms with Crippen molar-refractivity contribution >= 4 is 35.8 Å². The largest absolute Gasteiger partial charge is 0.357 e. The molecule has 5 nitrogen and oxygen atoms in total. The number of likely N-dealkylation sites (tertiary alicyclic amines) is 1. The summed E-state index contributed by atoms with van der Waals surface area (Å²) in [7, 11) is 0. The van der Waals surface area contributed by atoms with Crippen LogP contribution in [0.3, 0.4) is 0 Å². The van der Waals surface area contributed by atoms with Gasteiger partial charge in [-0.2, -0.15) is 0 Å². The Bertz CT molecular complexity index is 363. The van der Waals surface area contributed by atoms with Crippen molar-refractivity contribution in [2.75, 3.05) is 32.7 Å². The van der Waals surface area contributed by atoms with E-state index in [2.05, 4.69) is 29.4 Å². The fraction of sp³-hybridized carbons (Fsp3) is 0.875. The van der Waals surface area contributed by atoms with Gasteiger partial charge in [0.05, 0.1) is 12.0 Å². The molecule has 130 valence electrons. The van der Waals surface area contributed by atoms with Gasteiger partial charge in [-0.15, -0.1) is 24.0 Å². The summed E-state index contributed by atoms with van der Waals surface area (Å²) < 4.78 is 0. The highest BCUT2D eigenvalue weighted by molar-refractivity contribution is 14.0. The lowest BCUT2D eigenvalue weighted by Crippen LogP contribution is -2.46. The zero-order valence-corrected chi connectivity index (χ0v) is 17.1. The van der Waals surface area contributed by atoms with Crippen LogP contribution in [0, 0.1) is 11.3 Å². The van der Waals surface area contributed by atoms with E-state index in [1.165, 1.54) is 12.8 Å². The average Bonchev–Trinajstić information content (AvgIpc) is 2.45. The Balaban J connectivity index is 0.00000441. The first kappa shape index (κ1) is 21.5. The van der Waals surface area contributed by atoms with Crippen molar-refractivity contribution in [3.63, 3.8) is 0 Å². The van der Waals surface area contributed by atoms with Gasteiger partial charge in [0, 0.05) is 26.2 Å². The van der Waals surface area contributed by atoms with Crippen LogP contribution in [-0.2, 0) is 4.79 Å². The van der Waals surface area contributed by atoms with Crippen LogP contribution >= 0.6 is 24.0 Å². The number of guanidine groups is 1. The van der Waals surface area contributed by atoms with E-state index in [4.69, 9.17) is 4.99 Å². The van der Waals surface area contributed by atoms with Crippen LogP contribution in [0.2, 0.25) is 0 Å². The molecule has 2 N–H and O–H groups in total. The Morgan fingerprint density at radius 2 is 1.73 bits per heavy atom. The molecule has 1 saturated heterocycles. The summed E-state index contributed by atoms with van der Waals surface area (Å²) >= 11 is 0. The van der Waals surface area contributed by atoms with E-state index in [9.17, 15) is 4.79 Å². The number of piperidine rings is 1. The molecule has 0 aromatic rings. The van der Waals surface area contributed by atoms with Crippen molar-refractivity contribution in [2.45, 2.75) is 47.5 Å². The highest BCUT2D eigenvalue weighted by Crippen LogP contribution is 2.18. The van der Waals surface area contributed by atoms with Crippen LogP contribution in [0.15, 0.2) is 4.99 Å². The number of nitrogens with zero attached hydrogens (tertiary/aromatic N) is 2. The number of carbonyl (C=O) groups is 1. The lowest BCUT2D eigenvalue weighted by molar-refractivity contribution is -0.128. The van der Waals surface area contributed by atoms with Gasteiger partial charge >= 0.3 is 0 Å². The summed E-state index contributed by atoms with van der Waals surface area (Å²) in [4.78, 5) is 19.1. The molecule has 1 aliphatic heterocycles. The number of rotatable bonds is 5. The molecule has 0 saturated carbocycles. The van der Waals surface area contributed by atoms with Gasteiger partial charge in [0.25, 0.3) is 0 Å². The normalized spacial score (nSPS) is 17.0. The summed E-state index contributed by atoms with van der Waals surface area (Å²) in [5, 5.41) is 6.24. The minimum atomic E-state index is -0.472. The lowest BCUT2D eigenvalue weighted by Gasteiger charge is -2.33. The van der Waals surface area contributed by atoms with Crippen LogP contribution in [0.5, 0.6) is 0 Å². The predicted octanol–water partition coefficient (Wildman–Crippen LogP) is 2.46. The quantitative estimate of drug-likeness (QED) is 0.405. The first-order chi connectivity index (χ1) is 9.90. The molecule has 0 aromatic heterocycles. The smallest absolute Gasteiger partial charge is 0.227 e. The molecule has 0 aliphatic carbocycles. The van der Waals surface area contributed by atoms with Gasteiger partial charge in [-0.25, -0.2) is 0 Å². The maximum Gasteiger partial charge on any atom is 0.227 e. The number of carbonyl (C=O) groups excluding carboxylic acids is 1. The van der Waals surface area contributed by atoms with E-state index in [0.29, 0.717) is 13.1 Å². The third-order valence-corrected chi connectivity index (χ3v) is 3.99. The molecule has 0 bridgehead atoms. The summed E-state index contributed by atoms with van der Waals surface area (Å²) in [6.07, 6.45) is 2.42. The highest BCUT2D eigenvalue weighted by Gasteiger charge is 2.27. The van der Waals surface area contributed by atoms with Gasteiger partial charge in [-0.05, 0) is 46.5 Å². The van der Waals surface area contributed by atoms with Crippen molar-refractivity contribution in [3.8, 4) is 0 Å². The fourth-order valence-electron chi connectivity index (χ4n) is 2.39. The van der Waals surface area contributed by atoms with E-state index < -0.39 is 5.41 Å². The molecular formula is C16H33IN4O. The van der Waals surface area contributed by atoms with E-state index in [0.717, 1.165) is 31.5 Å². The third kappa shape index (κ3) is 6.71. The third-order valence-electron chi connectivity index (χ3n) is 3.99. The number of hydrogen-bond donors (Lipinski definition) is 2. The SMILES string of the molecule is CCNC(=O)C(C)(C)CN=C(NCC)N1CCC(C)CC1.I. The second-order valence-electron chi connectivity index (χ2n) is 6.58. The van der Waals surface area contributed by atoms with Crippen LogP contribution < -0.4 is 10.6 Å². The van der Waals surface area contributed by atoms with Crippen LogP contribution in [0.1, 0.15) is 47.5 Å². The molecular weight excluding hydrogens is 391 g/mol. The topological polar surface area (TPSA) is 56.7 Å². The Kier molecular flexibility index (Phi) is 10.0. The van der Waals surface area contributed by atoms with Gasteiger partial charge < -0.3 is 15.5 Å².